The van der Waals surface area contributed by atoms with Crippen molar-refractivity contribution < 1.29 is 47.8 Å². The average Bonchev–Trinajstić information content (AvgIpc) is 2.99. The van der Waals surface area contributed by atoms with Gasteiger partial charge in [-0.3, -0.25) is 18.6 Å². The highest BCUT2D eigenvalue weighted by molar-refractivity contribution is 7.47. The summed E-state index contributed by atoms with van der Waals surface area (Å²) in [7, 11) is -4.59. The largest absolute Gasteiger partial charge is 0.472 e. The van der Waals surface area contributed by atoms with Gasteiger partial charge in [-0.15, -0.1) is 0 Å². The van der Waals surface area contributed by atoms with E-state index in [0.717, 1.165) is 38.5 Å². The van der Waals surface area contributed by atoms with E-state index >= 15 is 0 Å². The zero-order valence-corrected chi connectivity index (χ0v) is 28.1. The first-order chi connectivity index (χ1) is 20.7. The second kappa shape index (κ2) is 29.7. The number of unbranched alkanes of at least 4 members (excludes halogenated alkanes) is 18. The van der Waals surface area contributed by atoms with Gasteiger partial charge in [-0.2, -0.15) is 0 Å². The Bertz CT molecular complexity index is 706. The lowest BCUT2D eigenvalue weighted by atomic mass is 10.0. The van der Waals surface area contributed by atoms with Crippen molar-refractivity contribution in [3.63, 3.8) is 0 Å². The Kier molecular flexibility index (Phi) is 29.0. The van der Waals surface area contributed by atoms with Gasteiger partial charge in [-0.1, -0.05) is 129 Å². The zero-order valence-electron chi connectivity index (χ0n) is 27.2. The van der Waals surface area contributed by atoms with E-state index in [4.69, 9.17) is 19.1 Å². The van der Waals surface area contributed by atoms with Crippen LogP contribution < -0.4 is 0 Å². The first kappa shape index (κ1) is 42.0. The fraction of sp³-hybridized carbons (Fsp3) is 0.938. The number of rotatable bonds is 32. The van der Waals surface area contributed by atoms with E-state index < -0.39 is 51.8 Å². The Morgan fingerprint density at radius 2 is 1.00 bits per heavy atom. The first-order valence-electron chi connectivity index (χ1n) is 17.0. The number of aliphatic hydroxyl groups is 2. The number of hydrogen-bond donors (Lipinski definition) is 3. The minimum absolute atomic E-state index is 0.189. The van der Waals surface area contributed by atoms with Crippen molar-refractivity contribution in [2.24, 2.45) is 0 Å². The summed E-state index contributed by atoms with van der Waals surface area (Å²) in [6, 6.07) is 0. The number of aliphatic hydroxyl groups excluding tert-OH is 2. The fourth-order valence-electron chi connectivity index (χ4n) is 4.58. The highest BCUT2D eigenvalue weighted by Gasteiger charge is 2.27. The van der Waals surface area contributed by atoms with Crippen LogP contribution in [0.2, 0.25) is 0 Å². The zero-order chi connectivity index (χ0) is 32.0. The molecule has 0 aliphatic heterocycles. The SMILES string of the molecule is CCCCCCCCCCCCCCC(=O)OC[C@@H](COP(=O)(O)OC[C@H](O)CO)OC(=O)CCCCCCCCCC. The summed E-state index contributed by atoms with van der Waals surface area (Å²) in [5.74, 6) is -0.924. The van der Waals surface area contributed by atoms with Gasteiger partial charge in [0.15, 0.2) is 6.10 Å². The summed E-state index contributed by atoms with van der Waals surface area (Å²) in [5, 5.41) is 18.2. The minimum atomic E-state index is -4.59. The van der Waals surface area contributed by atoms with E-state index in [0.29, 0.717) is 12.8 Å². The highest BCUT2D eigenvalue weighted by Crippen LogP contribution is 2.43. The van der Waals surface area contributed by atoms with Crippen LogP contribution in [0.1, 0.15) is 155 Å². The fourth-order valence-corrected chi connectivity index (χ4v) is 5.37. The maximum atomic E-state index is 12.4. The normalized spacial score (nSPS) is 14.3. The van der Waals surface area contributed by atoms with Gasteiger partial charge in [0.05, 0.1) is 19.8 Å². The summed E-state index contributed by atoms with van der Waals surface area (Å²) >= 11 is 0. The van der Waals surface area contributed by atoms with Gasteiger partial charge >= 0.3 is 19.8 Å². The molecule has 0 spiro atoms. The molecule has 0 aromatic carbocycles. The molecule has 0 heterocycles. The molecule has 0 aromatic rings. The van der Waals surface area contributed by atoms with Crippen molar-refractivity contribution in [2.45, 2.75) is 167 Å². The molecule has 11 heteroatoms. The van der Waals surface area contributed by atoms with Gasteiger partial charge in [0.1, 0.15) is 12.7 Å². The molecule has 0 fully saturated rings. The van der Waals surface area contributed by atoms with Gasteiger partial charge < -0.3 is 24.6 Å². The summed E-state index contributed by atoms with van der Waals surface area (Å²) in [4.78, 5) is 34.5. The third kappa shape index (κ3) is 29.4. The molecule has 0 saturated heterocycles. The Morgan fingerprint density at radius 1 is 0.605 bits per heavy atom. The molecule has 0 bridgehead atoms. The second-order valence-corrected chi connectivity index (χ2v) is 13.0. The van der Waals surface area contributed by atoms with Crippen LogP contribution in [0.15, 0.2) is 0 Å². The molecule has 3 atom stereocenters. The Morgan fingerprint density at radius 3 is 1.44 bits per heavy atom. The maximum Gasteiger partial charge on any atom is 0.472 e. The van der Waals surface area contributed by atoms with Crippen molar-refractivity contribution in [2.75, 3.05) is 26.4 Å². The van der Waals surface area contributed by atoms with Crippen LogP contribution in [0.4, 0.5) is 0 Å². The first-order valence-corrected chi connectivity index (χ1v) is 18.5. The lowest BCUT2D eigenvalue weighted by molar-refractivity contribution is -0.161. The molecule has 0 aliphatic carbocycles. The Hall–Kier alpha value is -1.03. The van der Waals surface area contributed by atoms with Crippen molar-refractivity contribution >= 4 is 19.8 Å². The third-order valence-corrected chi connectivity index (χ3v) is 8.21. The monoisotopic (exact) mass is 638 g/mol. The molecule has 43 heavy (non-hydrogen) atoms. The predicted molar refractivity (Wildman–Crippen MR) is 169 cm³/mol. The van der Waals surface area contributed by atoms with E-state index in [1.54, 1.807) is 0 Å². The van der Waals surface area contributed by atoms with Crippen molar-refractivity contribution in [1.82, 2.24) is 0 Å². The van der Waals surface area contributed by atoms with E-state index in [-0.39, 0.29) is 19.4 Å². The van der Waals surface area contributed by atoms with Crippen molar-refractivity contribution in [3.05, 3.63) is 0 Å². The number of esters is 2. The summed E-state index contributed by atoms with van der Waals surface area (Å²) < 4.78 is 32.4. The van der Waals surface area contributed by atoms with Crippen LogP contribution in [-0.2, 0) is 32.7 Å². The number of hydrogen-bond acceptors (Lipinski definition) is 9. The van der Waals surface area contributed by atoms with E-state index in [2.05, 4.69) is 18.4 Å². The van der Waals surface area contributed by atoms with Gasteiger partial charge in [0.2, 0.25) is 0 Å². The van der Waals surface area contributed by atoms with Crippen LogP contribution in [0.5, 0.6) is 0 Å². The standard InChI is InChI=1S/C32H63O10P/c1-3-5-7-9-11-13-14-15-16-18-19-21-23-31(35)39-27-30(28-41-43(37,38)40-26-29(34)25-33)42-32(36)24-22-20-17-12-10-8-6-4-2/h29-30,33-34H,3-28H2,1-2H3,(H,37,38)/t29-,30+/m1/s1. The Balaban J connectivity index is 4.38. The number of carbonyl (C=O) groups is 2. The van der Waals surface area contributed by atoms with E-state index in [1.165, 1.54) is 77.0 Å². The number of phosphoric ester groups is 1. The predicted octanol–water partition coefficient (Wildman–Crippen LogP) is 7.55. The lowest BCUT2D eigenvalue weighted by Crippen LogP contribution is -2.29. The maximum absolute atomic E-state index is 12.4. The number of carbonyl (C=O) groups excluding carboxylic acids is 2. The van der Waals surface area contributed by atoms with Gasteiger partial charge in [0.25, 0.3) is 0 Å². The minimum Gasteiger partial charge on any atom is -0.462 e. The van der Waals surface area contributed by atoms with Crippen molar-refractivity contribution in [1.29, 1.82) is 0 Å². The molecule has 0 aliphatic rings. The number of ether oxygens (including phenoxy) is 2. The lowest BCUT2D eigenvalue weighted by Gasteiger charge is -2.20. The van der Waals surface area contributed by atoms with Crippen LogP contribution in [0.3, 0.4) is 0 Å². The average molecular weight is 639 g/mol. The third-order valence-electron chi connectivity index (χ3n) is 7.26. The smallest absolute Gasteiger partial charge is 0.462 e. The quantitative estimate of drug-likeness (QED) is 0.0383. The number of phosphoric acid groups is 1. The van der Waals surface area contributed by atoms with E-state index in [1.807, 2.05) is 0 Å². The summed E-state index contributed by atoms with van der Waals surface area (Å²) in [5.41, 5.74) is 0. The molecule has 3 N–H and O–H groups in total. The van der Waals surface area contributed by atoms with Crippen LogP contribution in [-0.4, -0.2) is 65.7 Å². The Labute approximate surface area is 261 Å². The molecule has 0 aromatic heterocycles. The van der Waals surface area contributed by atoms with E-state index in [9.17, 15) is 24.2 Å². The topological polar surface area (TPSA) is 149 Å². The highest BCUT2D eigenvalue weighted by atomic mass is 31.2. The van der Waals surface area contributed by atoms with Crippen LogP contribution in [0.25, 0.3) is 0 Å². The molecule has 256 valence electrons. The van der Waals surface area contributed by atoms with Crippen LogP contribution in [0, 0.1) is 0 Å². The molecular formula is C32H63O10P. The van der Waals surface area contributed by atoms with Crippen molar-refractivity contribution in [3.8, 4) is 0 Å². The molecule has 10 nitrogen and oxygen atoms in total. The van der Waals surface area contributed by atoms with Gasteiger partial charge in [-0.25, -0.2) is 4.57 Å². The van der Waals surface area contributed by atoms with Gasteiger partial charge in [-0.05, 0) is 12.8 Å². The molecule has 0 amide bonds. The summed E-state index contributed by atoms with van der Waals surface area (Å²) in [6.45, 7) is 2.32. The molecule has 0 radical (unpaired) electrons. The molecule has 1 unspecified atom stereocenters. The van der Waals surface area contributed by atoms with Gasteiger partial charge in [0, 0.05) is 12.8 Å². The molecule has 0 saturated carbocycles. The summed E-state index contributed by atoms with van der Waals surface area (Å²) in [6.07, 6.45) is 20.9. The molecule has 0 rings (SSSR count). The second-order valence-electron chi connectivity index (χ2n) is 11.6. The molecular weight excluding hydrogens is 575 g/mol. The van der Waals surface area contributed by atoms with Crippen LogP contribution >= 0.6 is 7.82 Å².